The van der Waals surface area contributed by atoms with Crippen molar-refractivity contribution < 1.29 is 13.5 Å². The van der Waals surface area contributed by atoms with Gasteiger partial charge in [0.2, 0.25) is 0 Å². The molecule has 6 rings (SSSR count). The zero-order valence-corrected chi connectivity index (χ0v) is 20.6. The fourth-order valence-electron chi connectivity index (χ4n) is 5.09. The Labute approximate surface area is 213 Å². The lowest BCUT2D eigenvalue weighted by Crippen LogP contribution is -2.34. The Balaban J connectivity index is 1.47. The van der Waals surface area contributed by atoms with Crippen LogP contribution in [0.4, 0.5) is 8.78 Å². The predicted octanol–water partition coefficient (Wildman–Crippen LogP) is 7.95. The van der Waals surface area contributed by atoms with E-state index in [9.17, 15) is 8.78 Å². The summed E-state index contributed by atoms with van der Waals surface area (Å²) in [5, 5.41) is 3.04. The number of halogens is 2. The first kappa shape index (κ1) is 22.8. The van der Waals surface area contributed by atoms with Gasteiger partial charge in [-0.1, -0.05) is 36.0 Å². The van der Waals surface area contributed by atoms with Gasteiger partial charge in [-0.15, -0.1) is 0 Å². The summed E-state index contributed by atoms with van der Waals surface area (Å²) in [6, 6.07) is 21.3. The van der Waals surface area contributed by atoms with Crippen molar-refractivity contribution in [2.24, 2.45) is 4.99 Å². The molecule has 3 aromatic rings. The van der Waals surface area contributed by atoms with Gasteiger partial charge < -0.3 is 9.64 Å². The van der Waals surface area contributed by atoms with Crippen LogP contribution in [0.2, 0.25) is 0 Å². The second kappa shape index (κ2) is 9.43. The molecular weight excluding hydrogens is 474 g/mol. The van der Waals surface area contributed by atoms with Crippen molar-refractivity contribution in [3.8, 4) is 5.75 Å². The average molecular weight is 499 g/mol. The molecule has 0 spiro atoms. The SMILES string of the molecule is COc1ccc(C2=CSC3=NC4=C(CCC/C4=C\c4ccc(F)cc4)[C@H](c4ccc(F)cc4)N23)cc1. The number of amidine groups is 1. The number of nitrogens with zero attached hydrogens (tertiary/aromatic N) is 2. The molecule has 0 saturated carbocycles. The molecule has 180 valence electrons. The Kier molecular flexibility index (Phi) is 5.97. The van der Waals surface area contributed by atoms with Gasteiger partial charge in [0.05, 0.1) is 24.5 Å². The molecule has 2 heterocycles. The first-order valence-electron chi connectivity index (χ1n) is 11.9. The Morgan fingerprint density at radius 2 is 1.61 bits per heavy atom. The van der Waals surface area contributed by atoms with Gasteiger partial charge in [0.15, 0.2) is 5.17 Å². The third kappa shape index (κ3) is 4.16. The minimum Gasteiger partial charge on any atom is -0.497 e. The molecule has 0 amide bonds. The molecule has 3 aliphatic rings. The molecule has 0 radical (unpaired) electrons. The van der Waals surface area contributed by atoms with Crippen LogP contribution < -0.4 is 4.74 Å². The molecule has 3 nitrogen and oxygen atoms in total. The van der Waals surface area contributed by atoms with Gasteiger partial charge in [-0.05, 0) is 102 Å². The standard InChI is InChI=1S/C30H24F2N2OS/c1-35-25-15-9-20(10-16-25)27-18-36-30-33-28-22(17-19-5-11-23(31)12-6-19)3-2-4-26(28)29(34(27)30)21-7-13-24(32)14-8-21/h5-18,29H,2-4H2,1H3/b22-17+/t29-/m0/s1. The van der Waals surface area contributed by atoms with E-state index in [1.165, 1.54) is 29.8 Å². The quantitative estimate of drug-likeness (QED) is 0.365. The number of hydrogen-bond donors (Lipinski definition) is 0. The lowest BCUT2D eigenvalue weighted by atomic mass is 9.82. The van der Waals surface area contributed by atoms with Crippen molar-refractivity contribution in [2.75, 3.05) is 7.11 Å². The highest BCUT2D eigenvalue weighted by Crippen LogP contribution is 2.51. The van der Waals surface area contributed by atoms with E-state index in [2.05, 4.69) is 28.5 Å². The molecular formula is C30H24F2N2OS. The van der Waals surface area contributed by atoms with E-state index in [0.717, 1.165) is 63.8 Å². The normalized spacial score (nSPS) is 20.1. The summed E-state index contributed by atoms with van der Waals surface area (Å²) in [7, 11) is 1.66. The number of allylic oxidation sites excluding steroid dienone is 1. The zero-order chi connectivity index (χ0) is 24.6. The highest BCUT2D eigenvalue weighted by atomic mass is 32.2. The topological polar surface area (TPSA) is 24.8 Å². The maximum atomic E-state index is 13.9. The Morgan fingerprint density at radius 3 is 2.31 bits per heavy atom. The fourth-order valence-corrected chi connectivity index (χ4v) is 6.02. The van der Waals surface area contributed by atoms with Crippen LogP contribution in [0.5, 0.6) is 5.75 Å². The highest BCUT2D eigenvalue weighted by Gasteiger charge is 2.40. The van der Waals surface area contributed by atoms with Crippen molar-refractivity contribution >= 4 is 28.7 Å². The number of fused-ring (bicyclic) bond motifs is 1. The molecule has 0 bridgehead atoms. The average Bonchev–Trinajstić information content (AvgIpc) is 3.33. The zero-order valence-electron chi connectivity index (χ0n) is 19.7. The summed E-state index contributed by atoms with van der Waals surface area (Å²) in [6.45, 7) is 0. The maximum absolute atomic E-state index is 13.9. The lowest BCUT2D eigenvalue weighted by molar-refractivity contribution is 0.414. The monoisotopic (exact) mass is 498 g/mol. The molecule has 3 aromatic carbocycles. The molecule has 0 saturated heterocycles. The van der Waals surface area contributed by atoms with Crippen molar-refractivity contribution in [1.82, 2.24) is 4.90 Å². The molecule has 2 aliphatic heterocycles. The molecule has 6 heteroatoms. The Morgan fingerprint density at radius 1 is 0.917 bits per heavy atom. The third-order valence-corrected chi connectivity index (χ3v) is 7.66. The van der Waals surface area contributed by atoms with E-state index in [4.69, 9.17) is 9.73 Å². The van der Waals surface area contributed by atoms with E-state index in [1.54, 1.807) is 31.0 Å². The van der Waals surface area contributed by atoms with Gasteiger partial charge in [0.25, 0.3) is 0 Å². The number of aliphatic imine (C=N–C) groups is 1. The number of methoxy groups -OCH3 is 1. The van der Waals surface area contributed by atoms with Gasteiger partial charge in [-0.2, -0.15) is 0 Å². The highest BCUT2D eigenvalue weighted by molar-refractivity contribution is 8.16. The molecule has 0 fully saturated rings. The Hall–Kier alpha value is -3.64. The second-order valence-electron chi connectivity index (χ2n) is 9.02. The van der Waals surface area contributed by atoms with Gasteiger partial charge in [0.1, 0.15) is 17.4 Å². The van der Waals surface area contributed by atoms with Crippen molar-refractivity contribution in [3.63, 3.8) is 0 Å². The van der Waals surface area contributed by atoms with Gasteiger partial charge >= 0.3 is 0 Å². The van der Waals surface area contributed by atoms with Crippen molar-refractivity contribution in [2.45, 2.75) is 25.3 Å². The van der Waals surface area contributed by atoms with E-state index in [1.807, 2.05) is 24.3 Å². The van der Waals surface area contributed by atoms with Crippen LogP contribution in [-0.4, -0.2) is 17.2 Å². The van der Waals surface area contributed by atoms with Crippen LogP contribution in [0.15, 0.2) is 100 Å². The third-order valence-electron chi connectivity index (χ3n) is 6.82. The number of benzene rings is 3. The first-order valence-corrected chi connectivity index (χ1v) is 12.8. The molecule has 1 aliphatic carbocycles. The maximum Gasteiger partial charge on any atom is 0.174 e. The minimum atomic E-state index is -0.250. The van der Waals surface area contributed by atoms with Crippen molar-refractivity contribution in [3.05, 3.63) is 123 Å². The largest absolute Gasteiger partial charge is 0.497 e. The smallest absolute Gasteiger partial charge is 0.174 e. The molecule has 0 aromatic heterocycles. The number of rotatable bonds is 4. The van der Waals surface area contributed by atoms with Gasteiger partial charge in [-0.25, -0.2) is 13.8 Å². The van der Waals surface area contributed by atoms with Gasteiger partial charge in [-0.3, -0.25) is 0 Å². The number of thioether (sulfide) groups is 1. The van der Waals surface area contributed by atoms with Crippen LogP contribution in [0.3, 0.4) is 0 Å². The number of ether oxygens (including phenoxy) is 1. The van der Waals surface area contributed by atoms with E-state index in [-0.39, 0.29) is 17.7 Å². The molecule has 36 heavy (non-hydrogen) atoms. The summed E-state index contributed by atoms with van der Waals surface area (Å²) in [4.78, 5) is 7.43. The van der Waals surface area contributed by atoms with Crippen molar-refractivity contribution in [1.29, 1.82) is 0 Å². The first-order chi connectivity index (χ1) is 17.6. The molecule has 1 atom stereocenters. The van der Waals surface area contributed by atoms with Crippen LogP contribution in [0.25, 0.3) is 11.8 Å². The van der Waals surface area contributed by atoms with Gasteiger partial charge in [0, 0.05) is 5.41 Å². The fraction of sp³-hybridized carbons (Fsp3) is 0.167. The van der Waals surface area contributed by atoms with E-state index in [0.29, 0.717) is 0 Å². The molecule has 0 unspecified atom stereocenters. The predicted molar refractivity (Wildman–Crippen MR) is 142 cm³/mol. The summed E-state index contributed by atoms with van der Waals surface area (Å²) in [6.07, 6.45) is 4.93. The van der Waals surface area contributed by atoms with E-state index >= 15 is 0 Å². The van der Waals surface area contributed by atoms with Crippen LogP contribution in [0, 0.1) is 11.6 Å². The Bertz CT molecular complexity index is 1420. The second-order valence-corrected chi connectivity index (χ2v) is 9.85. The molecule has 0 N–H and O–H groups in total. The minimum absolute atomic E-state index is 0.0895. The summed E-state index contributed by atoms with van der Waals surface area (Å²) < 4.78 is 32.7. The summed E-state index contributed by atoms with van der Waals surface area (Å²) in [5.41, 5.74) is 7.51. The van der Waals surface area contributed by atoms with Crippen LogP contribution in [-0.2, 0) is 0 Å². The summed E-state index contributed by atoms with van der Waals surface area (Å²) in [5.74, 6) is 0.311. The van der Waals surface area contributed by atoms with E-state index < -0.39 is 0 Å². The summed E-state index contributed by atoms with van der Waals surface area (Å²) >= 11 is 1.60. The van der Waals surface area contributed by atoms with Crippen LogP contribution >= 0.6 is 11.8 Å². The lowest BCUT2D eigenvalue weighted by Gasteiger charge is -2.40. The van der Waals surface area contributed by atoms with Crippen LogP contribution in [0.1, 0.15) is 42.0 Å². The number of hydrogen-bond acceptors (Lipinski definition) is 4.